The van der Waals surface area contributed by atoms with E-state index in [0.717, 1.165) is 75.6 Å². The van der Waals surface area contributed by atoms with E-state index in [2.05, 4.69) is 73.8 Å². The first-order chi connectivity index (χ1) is 17.2. The maximum atomic E-state index is 12.1. The summed E-state index contributed by atoms with van der Waals surface area (Å²) in [5.74, 6) is 1.81. The summed E-state index contributed by atoms with van der Waals surface area (Å²) < 4.78 is 1.14. The fraction of sp³-hybridized carbons (Fsp3) is 0.286. The lowest BCUT2D eigenvalue weighted by Crippen LogP contribution is -2.14. The SMILES string of the molecule is O=[N+]1CCCC1c1nc2ccc(-c3ccc4cc(-c5cnc(C6CCCN6)[nH]5)ccc4c3)cc2[nH]1. The molecule has 0 aliphatic carbocycles. The van der Waals surface area contributed by atoms with Gasteiger partial charge in [0.15, 0.2) is 12.4 Å². The van der Waals surface area contributed by atoms with E-state index in [1.165, 1.54) is 17.2 Å². The number of aromatic amines is 2. The number of nitrogens with zero attached hydrogens (tertiary/aromatic N) is 3. The summed E-state index contributed by atoms with van der Waals surface area (Å²) >= 11 is 0. The van der Waals surface area contributed by atoms with Crippen LogP contribution in [0.1, 0.15) is 49.4 Å². The van der Waals surface area contributed by atoms with Crippen LogP contribution in [0.2, 0.25) is 0 Å². The minimum Gasteiger partial charge on any atom is -0.341 e. The van der Waals surface area contributed by atoms with Gasteiger partial charge < -0.3 is 15.3 Å². The maximum absolute atomic E-state index is 12.1. The molecular weight excluding hydrogens is 436 g/mol. The van der Waals surface area contributed by atoms with E-state index in [1.54, 1.807) is 0 Å². The topological polar surface area (TPSA) is 89.5 Å². The summed E-state index contributed by atoms with van der Waals surface area (Å²) in [5, 5.41) is 5.89. The molecule has 174 valence electrons. The Hall–Kier alpha value is -3.84. The molecule has 2 aromatic heterocycles. The average molecular weight is 464 g/mol. The molecule has 2 atom stereocenters. The number of benzene rings is 3. The number of rotatable bonds is 4. The van der Waals surface area contributed by atoms with E-state index in [9.17, 15) is 4.91 Å². The highest BCUT2D eigenvalue weighted by molar-refractivity contribution is 5.91. The zero-order chi connectivity index (χ0) is 23.4. The van der Waals surface area contributed by atoms with Gasteiger partial charge in [0.2, 0.25) is 0 Å². The van der Waals surface area contributed by atoms with Gasteiger partial charge in [-0.2, -0.15) is 0 Å². The lowest BCUT2D eigenvalue weighted by molar-refractivity contribution is -0.571. The van der Waals surface area contributed by atoms with Crippen molar-refractivity contribution in [2.45, 2.75) is 37.8 Å². The van der Waals surface area contributed by atoms with Crippen LogP contribution in [0.3, 0.4) is 0 Å². The van der Waals surface area contributed by atoms with Crippen molar-refractivity contribution in [2.24, 2.45) is 0 Å². The summed E-state index contributed by atoms with van der Waals surface area (Å²) in [6, 6.07) is 19.6. The van der Waals surface area contributed by atoms with Crippen LogP contribution >= 0.6 is 0 Å². The third-order valence-electron chi connectivity index (χ3n) is 7.49. The molecule has 7 heteroatoms. The van der Waals surface area contributed by atoms with Crippen molar-refractivity contribution in [1.29, 1.82) is 0 Å². The second kappa shape index (κ2) is 8.13. The average Bonchev–Trinajstić information content (AvgIpc) is 3.69. The van der Waals surface area contributed by atoms with E-state index < -0.39 is 0 Å². The predicted molar refractivity (Wildman–Crippen MR) is 137 cm³/mol. The van der Waals surface area contributed by atoms with Gasteiger partial charge in [-0.05, 0) is 65.6 Å². The molecule has 7 rings (SSSR count). The molecule has 0 spiro atoms. The molecule has 0 saturated carbocycles. The van der Waals surface area contributed by atoms with Crippen LogP contribution in [0.15, 0.2) is 60.8 Å². The number of aromatic nitrogens is 4. The van der Waals surface area contributed by atoms with E-state index in [1.807, 2.05) is 12.3 Å². The zero-order valence-corrected chi connectivity index (χ0v) is 19.4. The summed E-state index contributed by atoms with van der Waals surface area (Å²) in [6.07, 6.45) is 6.06. The smallest absolute Gasteiger partial charge is 0.258 e. The molecule has 2 saturated heterocycles. The van der Waals surface area contributed by atoms with Gasteiger partial charge in [0, 0.05) is 28.1 Å². The first kappa shape index (κ1) is 20.5. The normalized spacial score (nSPS) is 20.4. The van der Waals surface area contributed by atoms with E-state index in [-0.39, 0.29) is 6.04 Å². The third kappa shape index (κ3) is 3.63. The molecule has 2 aliphatic rings. The van der Waals surface area contributed by atoms with Crippen LogP contribution in [0.4, 0.5) is 0 Å². The summed E-state index contributed by atoms with van der Waals surface area (Å²) in [7, 11) is 0. The molecule has 3 N–H and O–H groups in total. The molecule has 2 fully saturated rings. The predicted octanol–water partition coefficient (Wildman–Crippen LogP) is 5.81. The van der Waals surface area contributed by atoms with Crippen molar-refractivity contribution in [2.75, 3.05) is 13.1 Å². The summed E-state index contributed by atoms with van der Waals surface area (Å²) in [5.41, 5.74) is 6.37. The molecule has 7 nitrogen and oxygen atoms in total. The number of nitrogens with one attached hydrogen (secondary N) is 3. The third-order valence-corrected chi connectivity index (χ3v) is 7.49. The molecule has 5 aromatic rings. The molecule has 2 unspecified atom stereocenters. The Kier molecular flexibility index (Phi) is 4.77. The highest BCUT2D eigenvalue weighted by Gasteiger charge is 2.35. The highest BCUT2D eigenvalue weighted by atomic mass is 16.3. The molecular formula is C28H27N6O+. The zero-order valence-electron chi connectivity index (χ0n) is 19.4. The number of hydrogen-bond acceptors (Lipinski definition) is 4. The molecule has 0 amide bonds. The Morgan fingerprint density at radius 3 is 2.43 bits per heavy atom. The number of fused-ring (bicyclic) bond motifs is 2. The van der Waals surface area contributed by atoms with Gasteiger partial charge in [0.25, 0.3) is 6.04 Å². The number of imidazole rings is 2. The van der Waals surface area contributed by atoms with Crippen LogP contribution < -0.4 is 5.32 Å². The van der Waals surface area contributed by atoms with E-state index >= 15 is 0 Å². The van der Waals surface area contributed by atoms with Gasteiger partial charge in [-0.25, -0.2) is 9.97 Å². The quantitative estimate of drug-likeness (QED) is 0.293. The number of H-pyrrole nitrogens is 2. The number of nitroso groups, excluding NO2 is 1. The minimum atomic E-state index is -0.152. The second-order valence-electron chi connectivity index (χ2n) is 9.76. The van der Waals surface area contributed by atoms with Crippen molar-refractivity contribution in [3.63, 3.8) is 0 Å². The van der Waals surface area contributed by atoms with Gasteiger partial charge in [-0.15, -0.1) is 0 Å². The standard InChI is InChI=1S/C28H27N6O/c35-34-12-2-4-26(34)28-31-22-10-9-20(15-24(22)32-28)18-5-6-19-14-21(8-7-17(19)13-18)25-16-30-27(33-25)23-3-1-11-29-23/h5-10,13-16,23,26,29H,1-4,11-12H2,(H,30,33)(H,31,32)/q+1. The lowest BCUT2D eigenvalue weighted by atomic mass is 9.99. The lowest BCUT2D eigenvalue weighted by Gasteiger charge is -2.07. The van der Waals surface area contributed by atoms with Crippen molar-refractivity contribution in [1.82, 2.24) is 25.3 Å². The first-order valence-corrected chi connectivity index (χ1v) is 12.5. The van der Waals surface area contributed by atoms with Gasteiger partial charge in [0.1, 0.15) is 5.82 Å². The van der Waals surface area contributed by atoms with Crippen LogP contribution in [0, 0.1) is 4.91 Å². The minimum absolute atomic E-state index is 0.152. The Morgan fingerprint density at radius 1 is 0.829 bits per heavy atom. The van der Waals surface area contributed by atoms with Crippen LogP contribution in [-0.2, 0) is 0 Å². The van der Waals surface area contributed by atoms with Gasteiger partial charge >= 0.3 is 0 Å². The van der Waals surface area contributed by atoms with Crippen molar-refractivity contribution in [3.05, 3.63) is 77.4 Å². The summed E-state index contributed by atoms with van der Waals surface area (Å²) in [6.45, 7) is 1.65. The molecule has 3 aromatic carbocycles. The summed E-state index contributed by atoms with van der Waals surface area (Å²) in [4.78, 5) is 28.3. The molecule has 2 aliphatic heterocycles. The fourth-order valence-electron chi connectivity index (χ4n) is 5.55. The van der Waals surface area contributed by atoms with Crippen LogP contribution in [0.5, 0.6) is 0 Å². The fourth-order valence-corrected chi connectivity index (χ4v) is 5.55. The van der Waals surface area contributed by atoms with Crippen molar-refractivity contribution < 1.29 is 4.76 Å². The Balaban J connectivity index is 1.18. The largest absolute Gasteiger partial charge is 0.341 e. The molecule has 0 bridgehead atoms. The van der Waals surface area contributed by atoms with Crippen LogP contribution in [0.25, 0.3) is 44.2 Å². The van der Waals surface area contributed by atoms with Crippen LogP contribution in [-0.4, -0.2) is 37.8 Å². The maximum Gasteiger partial charge on any atom is 0.258 e. The molecule has 4 heterocycles. The van der Waals surface area contributed by atoms with Crippen molar-refractivity contribution >= 4 is 21.8 Å². The van der Waals surface area contributed by atoms with Gasteiger partial charge in [0.05, 0.1) is 29.0 Å². The van der Waals surface area contributed by atoms with E-state index in [0.29, 0.717) is 12.6 Å². The van der Waals surface area contributed by atoms with E-state index in [4.69, 9.17) is 0 Å². The first-order valence-electron chi connectivity index (χ1n) is 12.5. The second-order valence-corrected chi connectivity index (χ2v) is 9.76. The highest BCUT2D eigenvalue weighted by Crippen LogP contribution is 2.32. The van der Waals surface area contributed by atoms with Gasteiger partial charge in [-0.3, -0.25) is 0 Å². The number of hydrogen-bond donors (Lipinski definition) is 3. The Bertz CT molecular complexity index is 1580. The van der Waals surface area contributed by atoms with Gasteiger partial charge in [-0.1, -0.05) is 30.3 Å². The molecule has 0 radical (unpaired) electrons. The molecule has 35 heavy (non-hydrogen) atoms. The Morgan fingerprint density at radius 2 is 1.63 bits per heavy atom. The Labute approximate surface area is 202 Å². The monoisotopic (exact) mass is 463 g/mol. The van der Waals surface area contributed by atoms with Crippen molar-refractivity contribution in [3.8, 4) is 22.4 Å².